The monoisotopic (exact) mass is 423 g/mol. The first-order chi connectivity index (χ1) is 15.0. The lowest BCUT2D eigenvalue weighted by molar-refractivity contribution is -0.157. The van der Waals surface area contributed by atoms with Crippen LogP contribution in [0.4, 0.5) is 5.69 Å². The number of esters is 1. The number of carbonyl (C=O) groups excluding carboxylic acids is 2. The molecular weight excluding hydrogens is 398 g/mol. The molecular formula is C23H25N3O5. The highest BCUT2D eigenvalue weighted by atomic mass is 16.6. The van der Waals surface area contributed by atoms with Crippen LogP contribution in [0.1, 0.15) is 12.5 Å². The number of hydrogen-bond donors (Lipinski definition) is 0. The number of hydrogen-bond acceptors (Lipinski definition) is 7. The minimum atomic E-state index is -0.872. The molecule has 3 rings (SSSR count). The molecule has 162 valence electrons. The molecule has 1 heterocycles. The number of anilines is 1. The predicted molar refractivity (Wildman–Crippen MR) is 114 cm³/mol. The third-order valence-electron chi connectivity index (χ3n) is 5.02. The van der Waals surface area contributed by atoms with Gasteiger partial charge in [0.15, 0.2) is 12.7 Å². The van der Waals surface area contributed by atoms with Crippen LogP contribution in [-0.2, 0) is 14.3 Å². The van der Waals surface area contributed by atoms with E-state index in [2.05, 4.69) is 4.90 Å². The molecule has 1 amide bonds. The van der Waals surface area contributed by atoms with Crippen molar-refractivity contribution in [2.45, 2.75) is 13.0 Å². The fourth-order valence-electron chi connectivity index (χ4n) is 3.29. The van der Waals surface area contributed by atoms with Crippen LogP contribution in [0.15, 0.2) is 48.5 Å². The van der Waals surface area contributed by atoms with E-state index in [0.717, 1.165) is 11.4 Å². The fourth-order valence-corrected chi connectivity index (χ4v) is 3.29. The number of piperazine rings is 1. The van der Waals surface area contributed by atoms with Crippen LogP contribution in [0.5, 0.6) is 11.5 Å². The summed E-state index contributed by atoms with van der Waals surface area (Å²) in [6.45, 7) is 3.62. The average molecular weight is 423 g/mol. The first-order valence-electron chi connectivity index (χ1n) is 10.0. The van der Waals surface area contributed by atoms with Gasteiger partial charge in [0.05, 0.1) is 24.4 Å². The van der Waals surface area contributed by atoms with Crippen LogP contribution in [-0.4, -0.2) is 62.8 Å². The van der Waals surface area contributed by atoms with E-state index in [4.69, 9.17) is 19.5 Å². The minimum absolute atomic E-state index is 0.237. The normalized spacial score (nSPS) is 14.4. The maximum absolute atomic E-state index is 12.5. The number of rotatable bonds is 7. The number of methoxy groups -OCH3 is 1. The quantitative estimate of drug-likeness (QED) is 0.631. The van der Waals surface area contributed by atoms with E-state index in [9.17, 15) is 9.59 Å². The number of ether oxygens (including phenoxy) is 3. The minimum Gasteiger partial charge on any atom is -0.495 e. The second-order valence-corrected chi connectivity index (χ2v) is 7.04. The van der Waals surface area contributed by atoms with E-state index < -0.39 is 12.1 Å². The molecule has 0 aromatic heterocycles. The molecule has 0 radical (unpaired) electrons. The van der Waals surface area contributed by atoms with Crippen LogP contribution in [0.2, 0.25) is 0 Å². The van der Waals surface area contributed by atoms with Gasteiger partial charge in [0.1, 0.15) is 11.5 Å². The molecule has 1 saturated heterocycles. The zero-order chi connectivity index (χ0) is 22.2. The van der Waals surface area contributed by atoms with Crippen LogP contribution < -0.4 is 14.4 Å². The van der Waals surface area contributed by atoms with Crippen molar-refractivity contribution in [3.05, 3.63) is 54.1 Å². The lowest BCUT2D eigenvalue weighted by atomic mass is 10.2. The van der Waals surface area contributed by atoms with Crippen molar-refractivity contribution in [3.8, 4) is 17.6 Å². The van der Waals surface area contributed by atoms with Gasteiger partial charge in [-0.3, -0.25) is 4.79 Å². The Kier molecular flexibility index (Phi) is 7.33. The van der Waals surface area contributed by atoms with Gasteiger partial charge in [-0.2, -0.15) is 5.26 Å². The second-order valence-electron chi connectivity index (χ2n) is 7.04. The summed E-state index contributed by atoms with van der Waals surface area (Å²) in [5.74, 6) is 0.388. The first kappa shape index (κ1) is 22.0. The van der Waals surface area contributed by atoms with Gasteiger partial charge in [-0.25, -0.2) is 4.79 Å². The second kappa shape index (κ2) is 10.3. The lowest BCUT2D eigenvalue weighted by Crippen LogP contribution is -2.50. The van der Waals surface area contributed by atoms with Crippen molar-refractivity contribution in [1.29, 1.82) is 5.26 Å². The van der Waals surface area contributed by atoms with E-state index >= 15 is 0 Å². The molecule has 2 aromatic rings. The molecule has 0 unspecified atom stereocenters. The summed E-state index contributed by atoms with van der Waals surface area (Å²) in [5, 5.41) is 8.82. The molecule has 1 fully saturated rings. The molecule has 1 aliphatic rings. The maximum Gasteiger partial charge on any atom is 0.347 e. The van der Waals surface area contributed by atoms with Crippen LogP contribution in [0.25, 0.3) is 0 Å². The SMILES string of the molecule is COc1ccccc1N1CCN(C(=O)COC(=O)[C@@H](C)Oc2ccc(C#N)cc2)CC1. The molecule has 8 heteroatoms. The third-order valence-corrected chi connectivity index (χ3v) is 5.02. The highest BCUT2D eigenvalue weighted by molar-refractivity contribution is 5.82. The van der Waals surface area contributed by atoms with Crippen molar-refractivity contribution < 1.29 is 23.8 Å². The number of amides is 1. The lowest BCUT2D eigenvalue weighted by Gasteiger charge is -2.36. The Labute approximate surface area is 181 Å². The standard InChI is InChI=1S/C23H25N3O5/c1-17(31-19-9-7-18(15-24)8-10-19)23(28)30-16-22(27)26-13-11-25(12-14-26)20-5-3-4-6-21(20)29-2/h3-10,17H,11-14,16H2,1-2H3/t17-/m1/s1. The molecule has 0 aliphatic carbocycles. The van der Waals surface area contributed by atoms with Gasteiger partial charge in [0.2, 0.25) is 0 Å². The highest BCUT2D eigenvalue weighted by Crippen LogP contribution is 2.28. The molecule has 8 nitrogen and oxygen atoms in total. The predicted octanol–water partition coefficient (Wildman–Crippen LogP) is 2.23. The summed E-state index contributed by atoms with van der Waals surface area (Å²) in [6.07, 6.45) is -0.872. The van der Waals surface area contributed by atoms with E-state index in [1.165, 1.54) is 0 Å². The van der Waals surface area contributed by atoms with E-state index in [1.807, 2.05) is 30.3 Å². The molecule has 0 bridgehead atoms. The Morgan fingerprint density at radius 2 is 1.74 bits per heavy atom. The van der Waals surface area contributed by atoms with Crippen molar-refractivity contribution >= 4 is 17.6 Å². The molecule has 0 saturated carbocycles. The molecule has 0 N–H and O–H groups in total. The van der Waals surface area contributed by atoms with Gasteiger partial charge in [-0.05, 0) is 43.3 Å². The summed E-state index contributed by atoms with van der Waals surface area (Å²) in [5.41, 5.74) is 1.50. The van der Waals surface area contributed by atoms with Crippen molar-refractivity contribution in [3.63, 3.8) is 0 Å². The van der Waals surface area contributed by atoms with E-state index in [-0.39, 0.29) is 12.5 Å². The van der Waals surface area contributed by atoms with Crippen molar-refractivity contribution in [2.75, 3.05) is 44.8 Å². The van der Waals surface area contributed by atoms with Gasteiger partial charge in [0.25, 0.3) is 5.91 Å². The maximum atomic E-state index is 12.5. The molecule has 31 heavy (non-hydrogen) atoms. The number of nitrogens with zero attached hydrogens (tertiary/aromatic N) is 3. The Bertz CT molecular complexity index is 946. The summed E-state index contributed by atoms with van der Waals surface area (Å²) < 4.78 is 16.1. The summed E-state index contributed by atoms with van der Waals surface area (Å²) in [4.78, 5) is 28.5. The fraction of sp³-hybridized carbons (Fsp3) is 0.348. The van der Waals surface area contributed by atoms with Gasteiger partial charge in [0, 0.05) is 26.2 Å². The first-order valence-corrected chi connectivity index (χ1v) is 10.0. The van der Waals surface area contributed by atoms with Crippen LogP contribution >= 0.6 is 0 Å². The van der Waals surface area contributed by atoms with Gasteiger partial charge >= 0.3 is 5.97 Å². The number of benzene rings is 2. The van der Waals surface area contributed by atoms with Gasteiger partial charge in [-0.1, -0.05) is 12.1 Å². The van der Waals surface area contributed by atoms with Crippen molar-refractivity contribution in [2.24, 2.45) is 0 Å². The van der Waals surface area contributed by atoms with Crippen LogP contribution in [0.3, 0.4) is 0 Å². The Morgan fingerprint density at radius 3 is 2.39 bits per heavy atom. The van der Waals surface area contributed by atoms with E-state index in [1.54, 1.807) is 43.2 Å². The highest BCUT2D eigenvalue weighted by Gasteiger charge is 2.25. The van der Waals surface area contributed by atoms with Gasteiger partial charge < -0.3 is 24.0 Å². The summed E-state index contributed by atoms with van der Waals surface area (Å²) in [6, 6.07) is 16.2. The molecule has 1 aliphatic heterocycles. The topological polar surface area (TPSA) is 92.1 Å². The van der Waals surface area contributed by atoms with E-state index in [0.29, 0.717) is 37.5 Å². The Hall–Kier alpha value is -3.73. The zero-order valence-corrected chi connectivity index (χ0v) is 17.6. The number of carbonyl (C=O) groups is 2. The zero-order valence-electron chi connectivity index (χ0n) is 17.6. The molecule has 0 spiro atoms. The summed E-state index contributed by atoms with van der Waals surface area (Å²) in [7, 11) is 1.64. The smallest absolute Gasteiger partial charge is 0.347 e. The van der Waals surface area contributed by atoms with Gasteiger partial charge in [-0.15, -0.1) is 0 Å². The average Bonchev–Trinajstić information content (AvgIpc) is 2.82. The van der Waals surface area contributed by atoms with Crippen molar-refractivity contribution in [1.82, 2.24) is 4.90 Å². The Morgan fingerprint density at radius 1 is 1.06 bits per heavy atom. The molecule has 1 atom stereocenters. The number of para-hydroxylation sites is 2. The number of nitriles is 1. The molecule has 2 aromatic carbocycles. The summed E-state index contributed by atoms with van der Waals surface area (Å²) >= 11 is 0. The van der Waals surface area contributed by atoms with Crippen LogP contribution in [0, 0.1) is 11.3 Å². The Balaban J connectivity index is 1.44. The third kappa shape index (κ3) is 5.66. The largest absolute Gasteiger partial charge is 0.495 e.